The molecule has 100 valence electrons. The fourth-order valence-corrected chi connectivity index (χ4v) is 1.94. The summed E-state index contributed by atoms with van der Waals surface area (Å²) in [5.41, 5.74) is 2.16. The third kappa shape index (κ3) is 2.21. The SMILES string of the molecule is COc1ccc(-n2cc(-c3ccccc3O)nn2)cc1. The molecular weight excluding hydrogens is 254 g/mol. The normalized spacial score (nSPS) is 10.4. The van der Waals surface area contributed by atoms with Crippen LogP contribution in [0, 0.1) is 0 Å². The maximum absolute atomic E-state index is 9.82. The third-order valence-electron chi connectivity index (χ3n) is 3.01. The number of hydrogen-bond donors (Lipinski definition) is 1. The molecular formula is C15H13N3O2. The number of aromatic hydroxyl groups is 1. The van der Waals surface area contributed by atoms with E-state index in [1.54, 1.807) is 36.2 Å². The highest BCUT2D eigenvalue weighted by molar-refractivity contribution is 5.65. The van der Waals surface area contributed by atoms with Crippen LogP contribution in [-0.4, -0.2) is 27.2 Å². The van der Waals surface area contributed by atoms with E-state index >= 15 is 0 Å². The molecule has 2 aromatic carbocycles. The fraction of sp³-hybridized carbons (Fsp3) is 0.0667. The summed E-state index contributed by atoms with van der Waals surface area (Å²) >= 11 is 0. The summed E-state index contributed by atoms with van der Waals surface area (Å²) in [7, 11) is 1.63. The van der Waals surface area contributed by atoms with E-state index in [1.165, 1.54) is 0 Å². The van der Waals surface area contributed by atoms with E-state index < -0.39 is 0 Å². The van der Waals surface area contributed by atoms with E-state index in [-0.39, 0.29) is 5.75 Å². The molecule has 3 aromatic rings. The van der Waals surface area contributed by atoms with Crippen LogP contribution >= 0.6 is 0 Å². The minimum absolute atomic E-state index is 0.189. The number of aromatic nitrogens is 3. The first-order valence-corrected chi connectivity index (χ1v) is 6.13. The lowest BCUT2D eigenvalue weighted by atomic mass is 10.1. The summed E-state index contributed by atoms with van der Waals surface area (Å²) in [6.07, 6.45) is 1.77. The maximum Gasteiger partial charge on any atom is 0.125 e. The molecule has 0 atom stereocenters. The van der Waals surface area contributed by atoms with Crippen molar-refractivity contribution in [1.29, 1.82) is 0 Å². The van der Waals surface area contributed by atoms with Crippen LogP contribution in [0.25, 0.3) is 16.9 Å². The van der Waals surface area contributed by atoms with Crippen LogP contribution < -0.4 is 4.74 Å². The summed E-state index contributed by atoms with van der Waals surface area (Å²) in [5, 5.41) is 18.0. The van der Waals surface area contributed by atoms with Crippen LogP contribution in [0.15, 0.2) is 54.7 Å². The molecule has 0 amide bonds. The monoisotopic (exact) mass is 267 g/mol. The number of ether oxygens (including phenoxy) is 1. The molecule has 0 aliphatic carbocycles. The second-order valence-electron chi connectivity index (χ2n) is 4.26. The Morgan fingerprint density at radius 2 is 1.80 bits per heavy atom. The van der Waals surface area contributed by atoms with Crippen molar-refractivity contribution in [2.45, 2.75) is 0 Å². The Kier molecular flexibility index (Phi) is 3.09. The maximum atomic E-state index is 9.82. The number of methoxy groups -OCH3 is 1. The van der Waals surface area contributed by atoms with Crippen molar-refractivity contribution in [3.8, 4) is 28.4 Å². The van der Waals surface area contributed by atoms with Gasteiger partial charge in [-0.2, -0.15) is 0 Å². The lowest BCUT2D eigenvalue weighted by Crippen LogP contribution is -1.94. The fourth-order valence-electron chi connectivity index (χ4n) is 1.94. The zero-order chi connectivity index (χ0) is 13.9. The average Bonchev–Trinajstić information content (AvgIpc) is 2.97. The molecule has 5 nitrogen and oxygen atoms in total. The van der Waals surface area contributed by atoms with Gasteiger partial charge in [-0.15, -0.1) is 5.10 Å². The van der Waals surface area contributed by atoms with Crippen molar-refractivity contribution in [1.82, 2.24) is 15.0 Å². The van der Waals surface area contributed by atoms with E-state index in [2.05, 4.69) is 10.3 Å². The summed E-state index contributed by atoms with van der Waals surface area (Å²) in [5.74, 6) is 0.976. The average molecular weight is 267 g/mol. The zero-order valence-corrected chi connectivity index (χ0v) is 10.9. The topological polar surface area (TPSA) is 60.2 Å². The third-order valence-corrected chi connectivity index (χ3v) is 3.01. The predicted molar refractivity (Wildman–Crippen MR) is 75.0 cm³/mol. The zero-order valence-electron chi connectivity index (χ0n) is 10.9. The number of phenols is 1. The number of benzene rings is 2. The van der Waals surface area contributed by atoms with E-state index in [9.17, 15) is 5.11 Å². The molecule has 0 spiro atoms. The molecule has 0 aliphatic heterocycles. The number of nitrogens with zero attached hydrogens (tertiary/aromatic N) is 3. The van der Waals surface area contributed by atoms with Gasteiger partial charge in [-0.05, 0) is 36.4 Å². The first-order valence-electron chi connectivity index (χ1n) is 6.13. The molecule has 0 aliphatic rings. The molecule has 1 aromatic heterocycles. The van der Waals surface area contributed by atoms with Crippen molar-refractivity contribution >= 4 is 0 Å². The summed E-state index contributed by atoms with van der Waals surface area (Å²) in [6, 6.07) is 14.5. The first-order chi connectivity index (χ1) is 9.78. The van der Waals surface area contributed by atoms with Gasteiger partial charge in [0.2, 0.25) is 0 Å². The van der Waals surface area contributed by atoms with Crippen molar-refractivity contribution in [2.75, 3.05) is 7.11 Å². The molecule has 5 heteroatoms. The lowest BCUT2D eigenvalue weighted by molar-refractivity contribution is 0.414. The van der Waals surface area contributed by atoms with Gasteiger partial charge in [0.25, 0.3) is 0 Å². The number of rotatable bonds is 3. The molecule has 0 unspecified atom stereocenters. The first kappa shape index (κ1) is 12.2. The van der Waals surface area contributed by atoms with Crippen LogP contribution in [0.2, 0.25) is 0 Å². The summed E-state index contributed by atoms with van der Waals surface area (Å²) in [4.78, 5) is 0. The number of phenolic OH excluding ortho intramolecular Hbond substituents is 1. The predicted octanol–water partition coefficient (Wildman–Crippen LogP) is 2.65. The van der Waals surface area contributed by atoms with Gasteiger partial charge in [0.15, 0.2) is 0 Å². The number of hydrogen-bond acceptors (Lipinski definition) is 4. The van der Waals surface area contributed by atoms with E-state index in [0.29, 0.717) is 11.3 Å². The highest BCUT2D eigenvalue weighted by Gasteiger charge is 2.08. The van der Waals surface area contributed by atoms with Crippen LogP contribution in [0.5, 0.6) is 11.5 Å². The minimum atomic E-state index is 0.189. The van der Waals surface area contributed by atoms with Gasteiger partial charge < -0.3 is 9.84 Å². The van der Waals surface area contributed by atoms with Crippen LogP contribution in [0.3, 0.4) is 0 Å². The van der Waals surface area contributed by atoms with Gasteiger partial charge in [0.05, 0.1) is 19.0 Å². The van der Waals surface area contributed by atoms with Crippen molar-refractivity contribution in [3.63, 3.8) is 0 Å². The van der Waals surface area contributed by atoms with E-state index in [0.717, 1.165) is 11.4 Å². The van der Waals surface area contributed by atoms with Crippen molar-refractivity contribution in [3.05, 3.63) is 54.7 Å². The molecule has 0 saturated heterocycles. The van der Waals surface area contributed by atoms with E-state index in [1.807, 2.05) is 30.3 Å². The molecule has 1 N–H and O–H groups in total. The Balaban J connectivity index is 1.95. The lowest BCUT2D eigenvalue weighted by Gasteiger charge is -2.02. The van der Waals surface area contributed by atoms with Crippen molar-refractivity contribution < 1.29 is 9.84 Å². The van der Waals surface area contributed by atoms with Gasteiger partial charge in [0, 0.05) is 5.56 Å². The highest BCUT2D eigenvalue weighted by atomic mass is 16.5. The molecule has 0 bridgehead atoms. The molecule has 3 rings (SSSR count). The molecule has 20 heavy (non-hydrogen) atoms. The Labute approximate surface area is 116 Å². The number of para-hydroxylation sites is 1. The van der Waals surface area contributed by atoms with Crippen LogP contribution in [0.4, 0.5) is 0 Å². The van der Waals surface area contributed by atoms with Gasteiger partial charge in [-0.1, -0.05) is 17.3 Å². The van der Waals surface area contributed by atoms with Crippen LogP contribution in [0.1, 0.15) is 0 Å². The quantitative estimate of drug-likeness (QED) is 0.792. The largest absolute Gasteiger partial charge is 0.507 e. The van der Waals surface area contributed by atoms with E-state index in [4.69, 9.17) is 4.74 Å². The summed E-state index contributed by atoms with van der Waals surface area (Å²) in [6.45, 7) is 0. The Hall–Kier alpha value is -2.82. The molecule has 0 saturated carbocycles. The second-order valence-corrected chi connectivity index (χ2v) is 4.26. The highest BCUT2D eigenvalue weighted by Crippen LogP contribution is 2.27. The minimum Gasteiger partial charge on any atom is -0.507 e. The standard InChI is InChI=1S/C15H13N3O2/c1-20-12-8-6-11(7-9-12)18-10-14(16-17-18)13-4-2-3-5-15(13)19/h2-10,19H,1H3. The van der Waals surface area contributed by atoms with Gasteiger partial charge in [0.1, 0.15) is 17.2 Å². The molecule has 0 radical (unpaired) electrons. The molecule has 1 heterocycles. The second kappa shape index (κ2) is 5.05. The Morgan fingerprint density at radius 1 is 1.05 bits per heavy atom. The summed E-state index contributed by atoms with van der Waals surface area (Å²) < 4.78 is 6.77. The Bertz CT molecular complexity index is 720. The molecule has 0 fully saturated rings. The smallest absolute Gasteiger partial charge is 0.125 e. The van der Waals surface area contributed by atoms with Gasteiger partial charge in [-0.25, -0.2) is 4.68 Å². The van der Waals surface area contributed by atoms with Crippen molar-refractivity contribution in [2.24, 2.45) is 0 Å². The van der Waals surface area contributed by atoms with Crippen LogP contribution in [-0.2, 0) is 0 Å². The Morgan fingerprint density at radius 3 is 2.50 bits per heavy atom. The van der Waals surface area contributed by atoms with Gasteiger partial charge >= 0.3 is 0 Å². The van der Waals surface area contributed by atoms with Gasteiger partial charge in [-0.3, -0.25) is 0 Å².